The molecule has 208 valence electrons. The number of aromatic nitrogens is 2. The summed E-state index contributed by atoms with van der Waals surface area (Å²) in [5.41, 5.74) is 1.26. The van der Waals surface area contributed by atoms with E-state index in [1.54, 1.807) is 31.2 Å². The number of methoxy groups -OCH3 is 1. The van der Waals surface area contributed by atoms with Gasteiger partial charge in [-0.05, 0) is 55.7 Å². The lowest BCUT2D eigenvalue weighted by Gasteiger charge is -2.35. The molecule has 0 spiro atoms. The zero-order valence-electron chi connectivity index (χ0n) is 21.2. The average Bonchev–Trinajstić information content (AvgIpc) is 3.29. The summed E-state index contributed by atoms with van der Waals surface area (Å²) in [6.07, 6.45) is 1.83. The summed E-state index contributed by atoms with van der Waals surface area (Å²) >= 11 is 6.19. The summed E-state index contributed by atoms with van der Waals surface area (Å²) in [6, 6.07) is 9.08. The minimum atomic E-state index is -4.39. The third-order valence-electron chi connectivity index (χ3n) is 6.19. The molecule has 13 heteroatoms. The summed E-state index contributed by atoms with van der Waals surface area (Å²) in [7, 11) is -3.15. The second kappa shape index (κ2) is 11.3. The molecule has 0 bridgehead atoms. The number of carbonyl (C=O) groups is 1. The topological polar surface area (TPSA) is 90.7 Å². The highest BCUT2D eigenvalue weighted by Gasteiger charge is 2.37. The van der Waals surface area contributed by atoms with Crippen LogP contribution in [-0.2, 0) is 19.6 Å². The van der Waals surface area contributed by atoms with Gasteiger partial charge in [-0.3, -0.25) is 9.10 Å². The van der Waals surface area contributed by atoms with Crippen molar-refractivity contribution in [2.45, 2.75) is 44.2 Å². The minimum Gasteiger partial charge on any atom is -0.486 e. The fraction of sp³-hybridized carbons (Fsp3) is 0.308. The zero-order valence-corrected chi connectivity index (χ0v) is 22.8. The number of rotatable bonds is 8. The molecule has 8 nitrogen and oxygen atoms in total. The molecule has 0 fully saturated rings. The van der Waals surface area contributed by atoms with Crippen LogP contribution >= 0.6 is 11.6 Å². The second-order valence-electron chi connectivity index (χ2n) is 8.88. The summed E-state index contributed by atoms with van der Waals surface area (Å²) in [4.78, 5) is 11.3. The number of aryl methyl sites for hydroxylation is 1. The number of benzene rings is 2. The molecule has 1 aromatic heterocycles. The van der Waals surface area contributed by atoms with Crippen LogP contribution < -0.4 is 9.04 Å². The fourth-order valence-corrected chi connectivity index (χ4v) is 6.28. The van der Waals surface area contributed by atoms with Gasteiger partial charge in [0.15, 0.2) is 0 Å². The SMILES string of the molecule is COC(=O)CCC1CN(S(=O)(=O)c2cn(C(F)F)nc2C)c2cc(C=C(C)c3c(F)cccc3Cl)ccc2O1. The number of halogens is 4. The Balaban J connectivity index is 1.78. The molecule has 0 amide bonds. The Morgan fingerprint density at radius 2 is 2.05 bits per heavy atom. The highest BCUT2D eigenvalue weighted by Crippen LogP contribution is 2.40. The standard InChI is InChI=1S/C26H25ClF3N3O5S/c1-15(25-19(27)5-4-6-20(25)28)11-17-7-9-22-21(12-17)33(13-18(38-22)8-10-24(34)37-3)39(35,36)23-14-32(26(29)30)31-16(23)2/h4-7,9,11-12,14,18,26H,8,10,13H2,1-3H3. The summed E-state index contributed by atoms with van der Waals surface area (Å²) in [5, 5.41) is 3.85. The molecule has 0 N–H and O–H groups in total. The quantitative estimate of drug-likeness (QED) is 0.244. The number of fused-ring (bicyclic) bond motifs is 1. The first-order chi connectivity index (χ1) is 18.4. The molecule has 2 aromatic carbocycles. The minimum absolute atomic E-state index is 0.0177. The largest absolute Gasteiger partial charge is 0.486 e. The number of anilines is 1. The Labute approximate surface area is 228 Å². The third kappa shape index (κ3) is 5.91. The van der Waals surface area contributed by atoms with Crippen molar-refractivity contribution >= 4 is 44.9 Å². The molecule has 0 radical (unpaired) electrons. The number of alkyl halides is 2. The third-order valence-corrected chi connectivity index (χ3v) is 8.39. The monoisotopic (exact) mass is 583 g/mol. The Morgan fingerprint density at radius 3 is 2.69 bits per heavy atom. The number of allylic oxidation sites excluding steroid dienone is 1. The van der Waals surface area contributed by atoms with Crippen LogP contribution in [0.15, 0.2) is 47.5 Å². The number of ether oxygens (including phenoxy) is 2. The van der Waals surface area contributed by atoms with E-state index in [1.807, 2.05) is 0 Å². The van der Waals surface area contributed by atoms with Crippen molar-refractivity contribution < 1.29 is 35.9 Å². The van der Waals surface area contributed by atoms with Gasteiger partial charge in [-0.1, -0.05) is 29.8 Å². The smallest absolute Gasteiger partial charge is 0.333 e. The van der Waals surface area contributed by atoms with E-state index in [4.69, 9.17) is 16.3 Å². The lowest BCUT2D eigenvalue weighted by molar-refractivity contribution is -0.141. The summed E-state index contributed by atoms with van der Waals surface area (Å²) in [6.45, 7) is -0.235. The van der Waals surface area contributed by atoms with E-state index in [9.17, 15) is 26.4 Å². The first-order valence-electron chi connectivity index (χ1n) is 11.8. The maximum Gasteiger partial charge on any atom is 0.333 e. The van der Waals surface area contributed by atoms with Crippen LogP contribution in [0.1, 0.15) is 43.1 Å². The molecular weight excluding hydrogens is 559 g/mol. The first kappa shape index (κ1) is 28.5. The van der Waals surface area contributed by atoms with Crippen LogP contribution in [0.25, 0.3) is 11.6 Å². The van der Waals surface area contributed by atoms with E-state index in [0.717, 1.165) is 10.5 Å². The van der Waals surface area contributed by atoms with Crippen LogP contribution in [-0.4, -0.2) is 43.9 Å². The number of esters is 1. The van der Waals surface area contributed by atoms with Crippen LogP contribution in [0.2, 0.25) is 5.02 Å². The molecule has 3 aromatic rings. The van der Waals surface area contributed by atoms with Crippen molar-refractivity contribution in [1.29, 1.82) is 0 Å². The fourth-order valence-electron chi connectivity index (χ4n) is 4.31. The average molecular weight is 584 g/mol. The van der Waals surface area contributed by atoms with Gasteiger partial charge in [-0.15, -0.1) is 0 Å². The molecule has 1 aliphatic rings. The zero-order chi connectivity index (χ0) is 28.5. The van der Waals surface area contributed by atoms with Crippen LogP contribution in [0.5, 0.6) is 5.75 Å². The van der Waals surface area contributed by atoms with Gasteiger partial charge in [-0.25, -0.2) is 17.5 Å². The normalized spacial score (nSPS) is 15.7. The lowest BCUT2D eigenvalue weighted by atomic mass is 10.0. The lowest BCUT2D eigenvalue weighted by Crippen LogP contribution is -2.43. The Hall–Kier alpha value is -3.51. The highest BCUT2D eigenvalue weighted by molar-refractivity contribution is 7.92. The number of hydrogen-bond donors (Lipinski definition) is 0. The van der Waals surface area contributed by atoms with Gasteiger partial charge in [0.05, 0.1) is 36.3 Å². The van der Waals surface area contributed by atoms with E-state index >= 15 is 0 Å². The first-order valence-corrected chi connectivity index (χ1v) is 13.6. The van der Waals surface area contributed by atoms with Crippen molar-refractivity contribution in [1.82, 2.24) is 9.78 Å². The highest BCUT2D eigenvalue weighted by atomic mass is 35.5. The van der Waals surface area contributed by atoms with Gasteiger partial charge in [0.1, 0.15) is 22.6 Å². The van der Waals surface area contributed by atoms with Crippen molar-refractivity contribution in [3.63, 3.8) is 0 Å². The van der Waals surface area contributed by atoms with Gasteiger partial charge >= 0.3 is 12.5 Å². The van der Waals surface area contributed by atoms with Gasteiger partial charge in [0, 0.05) is 12.0 Å². The number of nitrogens with zero attached hydrogens (tertiary/aromatic N) is 3. The number of hydrogen-bond acceptors (Lipinski definition) is 6. The van der Waals surface area contributed by atoms with E-state index in [1.165, 1.54) is 32.2 Å². The molecule has 0 saturated carbocycles. The molecule has 0 aliphatic carbocycles. The van der Waals surface area contributed by atoms with E-state index < -0.39 is 39.4 Å². The molecule has 4 rings (SSSR count). The van der Waals surface area contributed by atoms with Crippen LogP contribution in [0.3, 0.4) is 0 Å². The summed E-state index contributed by atoms with van der Waals surface area (Å²) < 4.78 is 80.5. The number of carbonyl (C=O) groups excluding carboxylic acids is 1. The van der Waals surface area contributed by atoms with Crippen molar-refractivity contribution in [2.24, 2.45) is 0 Å². The molecule has 1 unspecified atom stereocenters. The van der Waals surface area contributed by atoms with Crippen LogP contribution in [0.4, 0.5) is 18.9 Å². The van der Waals surface area contributed by atoms with Gasteiger partial charge in [-0.2, -0.15) is 13.9 Å². The van der Waals surface area contributed by atoms with Crippen molar-refractivity contribution in [3.8, 4) is 5.75 Å². The predicted molar refractivity (Wildman–Crippen MR) is 140 cm³/mol. The van der Waals surface area contributed by atoms with E-state index in [2.05, 4.69) is 9.84 Å². The van der Waals surface area contributed by atoms with Crippen molar-refractivity contribution in [3.05, 3.63) is 70.3 Å². The Bertz CT molecular complexity index is 1520. The van der Waals surface area contributed by atoms with Crippen molar-refractivity contribution in [2.75, 3.05) is 18.0 Å². The Kier molecular flexibility index (Phi) is 8.26. The predicted octanol–water partition coefficient (Wildman–Crippen LogP) is 5.85. The molecule has 1 aliphatic heterocycles. The molecule has 2 heterocycles. The molecule has 1 atom stereocenters. The van der Waals surface area contributed by atoms with E-state index in [0.29, 0.717) is 11.1 Å². The van der Waals surface area contributed by atoms with Gasteiger partial charge in [0.2, 0.25) is 0 Å². The molecule has 39 heavy (non-hydrogen) atoms. The van der Waals surface area contributed by atoms with Gasteiger partial charge in [0.25, 0.3) is 10.0 Å². The maximum atomic E-state index is 14.5. The molecular formula is C26H25ClF3N3O5S. The van der Waals surface area contributed by atoms with Gasteiger partial charge < -0.3 is 9.47 Å². The summed E-state index contributed by atoms with van der Waals surface area (Å²) in [5.74, 6) is -0.797. The Morgan fingerprint density at radius 1 is 1.31 bits per heavy atom. The molecule has 0 saturated heterocycles. The number of sulfonamides is 1. The van der Waals surface area contributed by atoms with Crippen LogP contribution in [0, 0.1) is 12.7 Å². The van der Waals surface area contributed by atoms with E-state index in [-0.39, 0.29) is 51.8 Å². The maximum absolute atomic E-state index is 14.5. The second-order valence-corrected chi connectivity index (χ2v) is 11.1.